The van der Waals surface area contributed by atoms with Crippen LogP contribution >= 0.6 is 15.9 Å². The van der Waals surface area contributed by atoms with Crippen LogP contribution in [0.15, 0.2) is 24.3 Å². The zero-order chi connectivity index (χ0) is 17.0. The Labute approximate surface area is 153 Å². The molecular formula is C22H37Br. The van der Waals surface area contributed by atoms with E-state index in [1.165, 1.54) is 87.1 Å². The zero-order valence-electron chi connectivity index (χ0n) is 15.7. The second-order valence-corrected chi connectivity index (χ2v) is 8.71. The summed E-state index contributed by atoms with van der Waals surface area (Å²) in [6.45, 7) is 6.84. The molecule has 0 bridgehead atoms. The molecule has 0 atom stereocenters. The number of rotatable bonds is 12. The van der Waals surface area contributed by atoms with E-state index in [0.29, 0.717) is 0 Å². The van der Waals surface area contributed by atoms with Gasteiger partial charge in [0.25, 0.3) is 0 Å². The quantitative estimate of drug-likeness (QED) is 0.256. The van der Waals surface area contributed by atoms with Crippen LogP contribution in [0, 0.1) is 0 Å². The van der Waals surface area contributed by atoms with Crippen LogP contribution in [-0.2, 0) is 11.8 Å². The van der Waals surface area contributed by atoms with Crippen LogP contribution in [-0.4, -0.2) is 5.33 Å². The van der Waals surface area contributed by atoms with Crippen molar-refractivity contribution in [3.05, 3.63) is 35.4 Å². The summed E-state index contributed by atoms with van der Waals surface area (Å²) >= 11 is 3.50. The van der Waals surface area contributed by atoms with Crippen molar-refractivity contribution in [3.63, 3.8) is 0 Å². The van der Waals surface area contributed by atoms with Gasteiger partial charge in [0.15, 0.2) is 0 Å². The lowest BCUT2D eigenvalue weighted by Crippen LogP contribution is -2.10. The molecule has 0 unspecified atom stereocenters. The molecule has 1 rings (SSSR count). The molecule has 0 nitrogen and oxygen atoms in total. The fourth-order valence-electron chi connectivity index (χ4n) is 3.01. The molecule has 23 heavy (non-hydrogen) atoms. The molecule has 1 aromatic carbocycles. The van der Waals surface area contributed by atoms with Gasteiger partial charge in [-0.3, -0.25) is 0 Å². The molecule has 0 heterocycles. The van der Waals surface area contributed by atoms with Crippen molar-refractivity contribution in [2.75, 3.05) is 5.33 Å². The molecule has 1 aromatic rings. The van der Waals surface area contributed by atoms with Crippen LogP contribution in [0.5, 0.6) is 0 Å². The van der Waals surface area contributed by atoms with Crippen molar-refractivity contribution in [1.82, 2.24) is 0 Å². The molecule has 0 amide bonds. The summed E-state index contributed by atoms with van der Waals surface area (Å²) in [6.07, 6.45) is 15.3. The zero-order valence-corrected chi connectivity index (χ0v) is 17.3. The van der Waals surface area contributed by atoms with Crippen molar-refractivity contribution >= 4 is 15.9 Å². The van der Waals surface area contributed by atoms with Gasteiger partial charge in [0.05, 0.1) is 0 Å². The first-order chi connectivity index (χ1) is 11.0. The molecule has 0 aromatic heterocycles. The van der Waals surface area contributed by atoms with Crippen LogP contribution in [0.1, 0.15) is 96.1 Å². The largest absolute Gasteiger partial charge is 0.0928 e. The summed E-state index contributed by atoms with van der Waals surface area (Å²) in [7, 11) is 0. The molecule has 0 fully saturated rings. The number of halogens is 1. The summed E-state index contributed by atoms with van der Waals surface area (Å²) in [4.78, 5) is 0. The van der Waals surface area contributed by atoms with Crippen LogP contribution in [0.2, 0.25) is 0 Å². The van der Waals surface area contributed by atoms with E-state index in [-0.39, 0.29) is 5.41 Å². The van der Waals surface area contributed by atoms with Crippen LogP contribution in [0.3, 0.4) is 0 Å². The Hall–Kier alpha value is -0.300. The Balaban J connectivity index is 1.99. The molecule has 0 saturated carbocycles. The highest BCUT2D eigenvalue weighted by atomic mass is 79.9. The molecule has 0 aliphatic rings. The van der Waals surface area contributed by atoms with Gasteiger partial charge in [-0.2, -0.15) is 0 Å². The number of benzene rings is 1. The van der Waals surface area contributed by atoms with Crippen molar-refractivity contribution in [1.29, 1.82) is 0 Å². The number of unbranched alkanes of at least 4 members (excludes halogenated alkanes) is 9. The van der Waals surface area contributed by atoms with Gasteiger partial charge in [-0.15, -0.1) is 0 Å². The fraction of sp³-hybridized carbons (Fsp3) is 0.727. The van der Waals surface area contributed by atoms with Crippen LogP contribution in [0.25, 0.3) is 0 Å². The SMILES string of the molecule is CC(C)(C)c1ccc(CCCCCCCCCCCCBr)cc1. The summed E-state index contributed by atoms with van der Waals surface area (Å²) in [5, 5.41) is 1.17. The number of hydrogen-bond donors (Lipinski definition) is 0. The second kappa shape index (κ2) is 12.1. The van der Waals surface area contributed by atoms with E-state index in [9.17, 15) is 0 Å². The molecule has 0 radical (unpaired) electrons. The highest BCUT2D eigenvalue weighted by Gasteiger charge is 2.12. The molecular weight excluding hydrogens is 344 g/mol. The van der Waals surface area contributed by atoms with Gasteiger partial charge < -0.3 is 0 Å². The first-order valence-corrected chi connectivity index (χ1v) is 10.8. The highest BCUT2D eigenvalue weighted by Crippen LogP contribution is 2.22. The molecule has 0 saturated heterocycles. The smallest absolute Gasteiger partial charge is 0.00313 e. The van der Waals surface area contributed by atoms with Crippen molar-refractivity contribution < 1.29 is 0 Å². The van der Waals surface area contributed by atoms with E-state index in [1.807, 2.05) is 0 Å². The first kappa shape index (κ1) is 20.7. The minimum atomic E-state index is 0.271. The predicted octanol–water partition coefficient (Wildman–Crippen LogP) is 7.82. The lowest BCUT2D eigenvalue weighted by atomic mass is 9.86. The van der Waals surface area contributed by atoms with E-state index in [2.05, 4.69) is 61.0 Å². The monoisotopic (exact) mass is 380 g/mol. The van der Waals surface area contributed by atoms with Gasteiger partial charge in [-0.25, -0.2) is 0 Å². The maximum absolute atomic E-state index is 3.50. The third-order valence-electron chi connectivity index (χ3n) is 4.67. The maximum Gasteiger partial charge on any atom is 0.00313 e. The topological polar surface area (TPSA) is 0 Å². The lowest BCUT2D eigenvalue weighted by molar-refractivity contribution is 0.557. The Bertz CT molecular complexity index is 385. The first-order valence-electron chi connectivity index (χ1n) is 9.69. The second-order valence-electron chi connectivity index (χ2n) is 7.92. The minimum Gasteiger partial charge on any atom is -0.0928 e. The van der Waals surface area contributed by atoms with Crippen molar-refractivity contribution in [2.45, 2.75) is 96.8 Å². The van der Waals surface area contributed by atoms with Crippen LogP contribution in [0.4, 0.5) is 0 Å². The highest BCUT2D eigenvalue weighted by molar-refractivity contribution is 9.09. The van der Waals surface area contributed by atoms with E-state index < -0.39 is 0 Å². The fourth-order valence-corrected chi connectivity index (χ4v) is 3.41. The summed E-state index contributed by atoms with van der Waals surface area (Å²) in [5.41, 5.74) is 3.22. The lowest BCUT2D eigenvalue weighted by Gasteiger charge is -2.19. The Kier molecular flexibility index (Phi) is 10.9. The summed E-state index contributed by atoms with van der Waals surface area (Å²) in [5.74, 6) is 0. The van der Waals surface area contributed by atoms with Crippen molar-refractivity contribution in [3.8, 4) is 0 Å². The Morgan fingerprint density at radius 2 is 1.09 bits per heavy atom. The molecule has 132 valence electrons. The molecule has 0 spiro atoms. The molecule has 0 aliphatic carbocycles. The van der Waals surface area contributed by atoms with E-state index in [0.717, 1.165) is 0 Å². The third-order valence-corrected chi connectivity index (χ3v) is 5.23. The van der Waals surface area contributed by atoms with Gasteiger partial charge in [0, 0.05) is 5.33 Å². The minimum absolute atomic E-state index is 0.271. The van der Waals surface area contributed by atoms with E-state index >= 15 is 0 Å². The van der Waals surface area contributed by atoms with Gasteiger partial charge >= 0.3 is 0 Å². The number of aryl methyl sites for hydroxylation is 1. The molecule has 1 heteroatoms. The van der Waals surface area contributed by atoms with Gasteiger partial charge in [-0.1, -0.05) is 112 Å². The standard InChI is InChI=1S/C22H37Br/c1-22(2,3)21-17-15-20(16-18-21)14-12-10-8-6-4-5-7-9-11-13-19-23/h15-18H,4-14,19H2,1-3H3. The average Bonchev–Trinajstić information content (AvgIpc) is 2.52. The average molecular weight is 381 g/mol. The normalized spacial score (nSPS) is 11.8. The predicted molar refractivity (Wildman–Crippen MR) is 109 cm³/mol. The number of alkyl halides is 1. The molecule has 0 N–H and O–H groups in total. The van der Waals surface area contributed by atoms with Gasteiger partial charge in [-0.05, 0) is 35.8 Å². The Morgan fingerprint density at radius 3 is 1.52 bits per heavy atom. The summed E-state index contributed by atoms with van der Waals surface area (Å²) in [6, 6.07) is 9.27. The molecule has 0 aliphatic heterocycles. The maximum atomic E-state index is 3.50. The number of hydrogen-bond acceptors (Lipinski definition) is 0. The third kappa shape index (κ3) is 10.2. The van der Waals surface area contributed by atoms with Gasteiger partial charge in [0.1, 0.15) is 0 Å². The van der Waals surface area contributed by atoms with Crippen molar-refractivity contribution in [2.24, 2.45) is 0 Å². The van der Waals surface area contributed by atoms with E-state index in [4.69, 9.17) is 0 Å². The van der Waals surface area contributed by atoms with Gasteiger partial charge in [0.2, 0.25) is 0 Å². The summed E-state index contributed by atoms with van der Waals surface area (Å²) < 4.78 is 0. The van der Waals surface area contributed by atoms with Crippen LogP contribution < -0.4 is 0 Å². The van der Waals surface area contributed by atoms with E-state index in [1.54, 1.807) is 0 Å². The Morgan fingerprint density at radius 1 is 0.652 bits per heavy atom.